The fourth-order valence-electron chi connectivity index (χ4n) is 2.25. The maximum Gasteiger partial charge on any atom is 0.320 e. The minimum absolute atomic E-state index is 0.388. The van der Waals surface area contributed by atoms with Crippen molar-refractivity contribution < 1.29 is 14.6 Å². The molecule has 0 heterocycles. The van der Waals surface area contributed by atoms with Gasteiger partial charge in [0.2, 0.25) is 0 Å². The Morgan fingerprint density at radius 2 is 2.10 bits per heavy atom. The Hall–Kier alpha value is -1.55. The topological polar surface area (TPSA) is 58.6 Å². The molecule has 2 N–H and O–H groups in total. The van der Waals surface area contributed by atoms with E-state index in [1.54, 1.807) is 0 Å². The van der Waals surface area contributed by atoms with Crippen LogP contribution in [0, 0.1) is 20.8 Å². The van der Waals surface area contributed by atoms with Gasteiger partial charge in [0.1, 0.15) is 11.8 Å². The lowest BCUT2D eigenvalue weighted by atomic mass is 10.1. The molecule has 1 aromatic carbocycles. The largest absolute Gasteiger partial charge is 0.493 e. The highest BCUT2D eigenvalue weighted by Gasteiger charge is 2.28. The number of carboxylic acid groups (broad SMARTS) is 1. The van der Waals surface area contributed by atoms with E-state index in [9.17, 15) is 9.90 Å². The van der Waals surface area contributed by atoms with Crippen LogP contribution in [0.5, 0.6) is 5.75 Å². The van der Waals surface area contributed by atoms with E-state index in [4.69, 9.17) is 4.74 Å². The molecular weight excluding hydrogens is 254 g/mol. The Morgan fingerprint density at radius 1 is 1.40 bits per heavy atom. The maximum atomic E-state index is 11.2. The van der Waals surface area contributed by atoms with Gasteiger partial charge in [-0.1, -0.05) is 6.07 Å². The van der Waals surface area contributed by atoms with E-state index >= 15 is 0 Å². The van der Waals surface area contributed by atoms with E-state index in [1.165, 1.54) is 5.56 Å². The summed E-state index contributed by atoms with van der Waals surface area (Å²) in [4.78, 5) is 11.2. The van der Waals surface area contributed by atoms with Crippen LogP contribution in [0.25, 0.3) is 0 Å². The number of aliphatic carboxylic acids is 1. The van der Waals surface area contributed by atoms with Crippen LogP contribution in [0.3, 0.4) is 0 Å². The Balaban J connectivity index is 1.89. The van der Waals surface area contributed by atoms with Crippen LogP contribution in [-0.2, 0) is 4.79 Å². The smallest absolute Gasteiger partial charge is 0.320 e. The highest BCUT2D eigenvalue weighted by atomic mass is 16.5. The summed E-state index contributed by atoms with van der Waals surface area (Å²) in [5.41, 5.74) is 3.48. The van der Waals surface area contributed by atoms with Gasteiger partial charge in [-0.2, -0.15) is 0 Å². The molecule has 1 saturated carbocycles. The minimum atomic E-state index is -0.794. The van der Waals surface area contributed by atoms with Crippen molar-refractivity contribution in [3.63, 3.8) is 0 Å². The second kappa shape index (κ2) is 6.27. The quantitative estimate of drug-likeness (QED) is 0.804. The summed E-state index contributed by atoms with van der Waals surface area (Å²) >= 11 is 0. The first-order valence-corrected chi connectivity index (χ1v) is 7.17. The number of nitrogens with one attached hydrogen (secondary N) is 1. The number of aryl methyl sites for hydroxylation is 2. The van der Waals surface area contributed by atoms with Crippen LogP contribution in [0.15, 0.2) is 12.1 Å². The van der Waals surface area contributed by atoms with Gasteiger partial charge >= 0.3 is 5.97 Å². The first-order valence-electron chi connectivity index (χ1n) is 7.17. The zero-order valence-electron chi connectivity index (χ0n) is 12.4. The molecule has 4 heteroatoms. The number of hydrogen-bond acceptors (Lipinski definition) is 3. The SMILES string of the molecule is Cc1cc(C)c(C)c(OCCC(NC2CC2)C(=O)O)c1. The van der Waals surface area contributed by atoms with E-state index in [-0.39, 0.29) is 0 Å². The molecular formula is C16H23NO3. The molecule has 0 aliphatic heterocycles. The first kappa shape index (κ1) is 14.9. The Labute approximate surface area is 120 Å². The molecule has 0 aromatic heterocycles. The van der Waals surface area contributed by atoms with Gasteiger partial charge in [-0.15, -0.1) is 0 Å². The molecule has 0 spiro atoms. The lowest BCUT2D eigenvalue weighted by Gasteiger charge is -2.16. The molecule has 1 aromatic rings. The lowest BCUT2D eigenvalue weighted by molar-refractivity contribution is -0.139. The molecule has 110 valence electrons. The molecule has 1 fully saturated rings. The monoisotopic (exact) mass is 277 g/mol. The Morgan fingerprint density at radius 3 is 2.70 bits per heavy atom. The number of carbonyl (C=O) groups is 1. The third-order valence-electron chi connectivity index (χ3n) is 3.74. The normalized spacial score (nSPS) is 15.9. The molecule has 1 atom stereocenters. The number of ether oxygens (including phenoxy) is 1. The van der Waals surface area contributed by atoms with Crippen LogP contribution >= 0.6 is 0 Å². The van der Waals surface area contributed by atoms with Crippen LogP contribution in [0.1, 0.15) is 36.0 Å². The first-order chi connectivity index (χ1) is 9.47. The van der Waals surface area contributed by atoms with Crippen LogP contribution in [0.4, 0.5) is 0 Å². The van der Waals surface area contributed by atoms with Gasteiger partial charge < -0.3 is 15.2 Å². The predicted octanol–water partition coefficient (Wildman–Crippen LogP) is 2.59. The van der Waals surface area contributed by atoms with Gasteiger partial charge in [-0.05, 0) is 56.4 Å². The van der Waals surface area contributed by atoms with Gasteiger partial charge in [0, 0.05) is 12.5 Å². The summed E-state index contributed by atoms with van der Waals surface area (Å²) in [6, 6.07) is 4.01. The fraction of sp³-hybridized carbons (Fsp3) is 0.562. The van der Waals surface area contributed by atoms with Gasteiger partial charge in [0.05, 0.1) is 6.61 Å². The molecule has 1 aliphatic carbocycles. The molecule has 1 unspecified atom stereocenters. The second-order valence-electron chi connectivity index (χ2n) is 5.67. The van der Waals surface area contributed by atoms with Crippen molar-refractivity contribution >= 4 is 5.97 Å². The zero-order valence-corrected chi connectivity index (χ0v) is 12.4. The summed E-state index contributed by atoms with van der Waals surface area (Å²) in [7, 11) is 0. The van der Waals surface area contributed by atoms with Gasteiger partial charge in [0.25, 0.3) is 0 Å². The fourth-order valence-corrected chi connectivity index (χ4v) is 2.25. The van der Waals surface area contributed by atoms with Crippen LogP contribution in [0.2, 0.25) is 0 Å². The molecule has 20 heavy (non-hydrogen) atoms. The van der Waals surface area contributed by atoms with E-state index in [0.717, 1.165) is 29.7 Å². The number of rotatable bonds is 7. The van der Waals surface area contributed by atoms with E-state index in [2.05, 4.69) is 18.3 Å². The van der Waals surface area contributed by atoms with E-state index in [1.807, 2.05) is 19.9 Å². The van der Waals surface area contributed by atoms with Crippen molar-refractivity contribution in [3.05, 3.63) is 28.8 Å². The van der Waals surface area contributed by atoms with Gasteiger partial charge in [-0.25, -0.2) is 0 Å². The Kier molecular flexibility index (Phi) is 4.65. The molecule has 2 rings (SSSR count). The number of hydrogen-bond donors (Lipinski definition) is 2. The van der Waals surface area contributed by atoms with Crippen molar-refractivity contribution in [2.24, 2.45) is 0 Å². The summed E-state index contributed by atoms with van der Waals surface area (Å²) in [5.74, 6) is 0.0655. The third kappa shape index (κ3) is 3.97. The average molecular weight is 277 g/mol. The summed E-state index contributed by atoms with van der Waals surface area (Å²) in [5, 5.41) is 12.3. The molecule has 1 aliphatic rings. The van der Waals surface area contributed by atoms with E-state index < -0.39 is 12.0 Å². The molecule has 0 bridgehead atoms. The average Bonchev–Trinajstić information content (AvgIpc) is 3.17. The highest BCUT2D eigenvalue weighted by molar-refractivity contribution is 5.73. The number of carboxylic acids is 1. The van der Waals surface area contributed by atoms with Gasteiger partial charge in [0.15, 0.2) is 0 Å². The number of benzene rings is 1. The van der Waals surface area contributed by atoms with Crippen molar-refractivity contribution in [3.8, 4) is 5.75 Å². The highest BCUT2D eigenvalue weighted by Crippen LogP contribution is 2.24. The standard InChI is InChI=1S/C16H23NO3/c1-10-8-11(2)12(3)15(9-10)20-7-6-14(16(18)19)17-13-4-5-13/h8-9,13-14,17H,4-7H2,1-3H3,(H,18,19). The van der Waals surface area contributed by atoms with Crippen molar-refractivity contribution in [1.29, 1.82) is 0 Å². The molecule has 4 nitrogen and oxygen atoms in total. The van der Waals surface area contributed by atoms with Crippen LogP contribution in [-0.4, -0.2) is 29.8 Å². The third-order valence-corrected chi connectivity index (χ3v) is 3.74. The minimum Gasteiger partial charge on any atom is -0.493 e. The predicted molar refractivity (Wildman–Crippen MR) is 78.3 cm³/mol. The molecule has 0 amide bonds. The second-order valence-corrected chi connectivity index (χ2v) is 5.67. The summed E-state index contributed by atoms with van der Waals surface area (Å²) < 4.78 is 5.78. The zero-order chi connectivity index (χ0) is 14.7. The summed E-state index contributed by atoms with van der Waals surface area (Å²) in [6.07, 6.45) is 2.65. The van der Waals surface area contributed by atoms with Crippen molar-refractivity contribution in [2.45, 2.75) is 52.1 Å². The Bertz CT molecular complexity index is 495. The molecule has 0 saturated heterocycles. The summed E-state index contributed by atoms with van der Waals surface area (Å²) in [6.45, 7) is 6.54. The van der Waals surface area contributed by atoms with Crippen LogP contribution < -0.4 is 10.1 Å². The van der Waals surface area contributed by atoms with Crippen molar-refractivity contribution in [1.82, 2.24) is 5.32 Å². The molecule has 0 radical (unpaired) electrons. The maximum absolute atomic E-state index is 11.2. The lowest BCUT2D eigenvalue weighted by Crippen LogP contribution is -2.39. The van der Waals surface area contributed by atoms with E-state index in [0.29, 0.717) is 19.1 Å². The van der Waals surface area contributed by atoms with Gasteiger partial charge in [-0.3, -0.25) is 4.79 Å². The van der Waals surface area contributed by atoms with Crippen molar-refractivity contribution in [2.75, 3.05) is 6.61 Å².